The van der Waals surface area contributed by atoms with Crippen LogP contribution in [0.5, 0.6) is 0 Å². The van der Waals surface area contributed by atoms with Crippen LogP contribution in [0.1, 0.15) is 22.6 Å². The number of nitrogens with two attached hydrogens (primary N) is 1. The van der Waals surface area contributed by atoms with E-state index in [2.05, 4.69) is 18.3 Å². The molecule has 1 aliphatic heterocycles. The van der Waals surface area contributed by atoms with Crippen molar-refractivity contribution < 1.29 is 9.53 Å². The first-order valence-electron chi connectivity index (χ1n) is 5.87. The number of ether oxygens (including phenoxy) is 1. The van der Waals surface area contributed by atoms with Crippen LogP contribution in [0.15, 0.2) is 12.1 Å². The summed E-state index contributed by atoms with van der Waals surface area (Å²) in [7, 11) is 0. The van der Waals surface area contributed by atoms with Crippen LogP contribution in [0.4, 0.5) is 0 Å². The van der Waals surface area contributed by atoms with Crippen molar-refractivity contribution in [3.63, 3.8) is 0 Å². The zero-order chi connectivity index (χ0) is 12.3. The standard InChI is InChI=1S/C12H18N2O2S/c1-8-2-4-10(17-8)7-14-12(15)11-5-3-9(6-13)16-11/h2,4,9,11H,3,5-7,13H2,1H3,(H,14,15). The van der Waals surface area contributed by atoms with Crippen molar-refractivity contribution in [3.8, 4) is 0 Å². The SMILES string of the molecule is Cc1ccc(CNC(=O)C2CCC(CN)O2)s1. The van der Waals surface area contributed by atoms with Gasteiger partial charge in [0.1, 0.15) is 6.10 Å². The summed E-state index contributed by atoms with van der Waals surface area (Å²) in [6.07, 6.45) is 1.39. The number of amides is 1. The van der Waals surface area contributed by atoms with Gasteiger partial charge in [-0.25, -0.2) is 0 Å². The predicted octanol–water partition coefficient (Wildman–Crippen LogP) is 1.18. The first-order chi connectivity index (χ1) is 8.19. The molecule has 1 amide bonds. The molecule has 0 saturated carbocycles. The number of thiophene rings is 1. The van der Waals surface area contributed by atoms with Crippen molar-refractivity contribution in [2.24, 2.45) is 5.73 Å². The van der Waals surface area contributed by atoms with Gasteiger partial charge in [0.15, 0.2) is 0 Å². The molecule has 94 valence electrons. The van der Waals surface area contributed by atoms with E-state index in [-0.39, 0.29) is 18.1 Å². The molecule has 2 atom stereocenters. The highest BCUT2D eigenvalue weighted by Crippen LogP contribution is 2.19. The Hall–Kier alpha value is -0.910. The van der Waals surface area contributed by atoms with Gasteiger partial charge in [-0.15, -0.1) is 11.3 Å². The van der Waals surface area contributed by atoms with Gasteiger partial charge in [-0.3, -0.25) is 4.79 Å². The highest BCUT2D eigenvalue weighted by Gasteiger charge is 2.29. The Morgan fingerprint density at radius 2 is 2.41 bits per heavy atom. The minimum absolute atomic E-state index is 0.0213. The smallest absolute Gasteiger partial charge is 0.249 e. The maximum Gasteiger partial charge on any atom is 0.249 e. The highest BCUT2D eigenvalue weighted by molar-refractivity contribution is 7.11. The van der Waals surface area contributed by atoms with Crippen LogP contribution in [0.3, 0.4) is 0 Å². The summed E-state index contributed by atoms with van der Waals surface area (Å²) in [4.78, 5) is 14.2. The normalized spacial score (nSPS) is 23.9. The fourth-order valence-electron chi connectivity index (χ4n) is 1.94. The van der Waals surface area contributed by atoms with Gasteiger partial charge in [-0.2, -0.15) is 0 Å². The minimum Gasteiger partial charge on any atom is -0.364 e. The van der Waals surface area contributed by atoms with E-state index >= 15 is 0 Å². The summed E-state index contributed by atoms with van der Waals surface area (Å²) in [5.41, 5.74) is 5.51. The first kappa shape index (κ1) is 12.5. The lowest BCUT2D eigenvalue weighted by atomic mass is 10.2. The van der Waals surface area contributed by atoms with Crippen molar-refractivity contribution >= 4 is 17.2 Å². The van der Waals surface area contributed by atoms with Crippen molar-refractivity contribution in [2.45, 2.75) is 38.5 Å². The Labute approximate surface area is 105 Å². The molecule has 0 aliphatic carbocycles. The van der Waals surface area contributed by atoms with Gasteiger partial charge in [0, 0.05) is 16.3 Å². The minimum atomic E-state index is -0.315. The second-order valence-electron chi connectivity index (χ2n) is 4.29. The summed E-state index contributed by atoms with van der Waals surface area (Å²) in [6, 6.07) is 4.10. The summed E-state index contributed by atoms with van der Waals surface area (Å²) in [5, 5.41) is 2.90. The number of nitrogens with one attached hydrogen (secondary N) is 1. The van der Waals surface area contributed by atoms with Crippen LogP contribution >= 0.6 is 11.3 Å². The van der Waals surface area contributed by atoms with Gasteiger partial charge < -0.3 is 15.8 Å². The maximum atomic E-state index is 11.8. The molecule has 1 aromatic heterocycles. The number of hydrogen-bond acceptors (Lipinski definition) is 4. The molecule has 2 unspecified atom stereocenters. The van der Waals surface area contributed by atoms with E-state index in [0.717, 1.165) is 12.8 Å². The topological polar surface area (TPSA) is 64.4 Å². The fourth-order valence-corrected chi connectivity index (χ4v) is 2.77. The van der Waals surface area contributed by atoms with Gasteiger partial charge in [0.25, 0.3) is 0 Å². The molecule has 1 fully saturated rings. The lowest BCUT2D eigenvalue weighted by molar-refractivity contribution is -0.132. The number of carbonyl (C=O) groups is 1. The molecule has 17 heavy (non-hydrogen) atoms. The lowest BCUT2D eigenvalue weighted by Gasteiger charge is -2.12. The van der Waals surface area contributed by atoms with Crippen LogP contribution in [0, 0.1) is 6.92 Å². The fraction of sp³-hybridized carbons (Fsp3) is 0.583. The zero-order valence-corrected chi connectivity index (χ0v) is 10.8. The molecule has 3 N–H and O–H groups in total. The molecular formula is C12H18N2O2S. The Bertz CT molecular complexity index is 392. The molecule has 1 aromatic rings. The van der Waals surface area contributed by atoms with Crippen LogP contribution in [0.25, 0.3) is 0 Å². The average molecular weight is 254 g/mol. The Morgan fingerprint density at radius 3 is 3.00 bits per heavy atom. The van der Waals surface area contributed by atoms with E-state index in [4.69, 9.17) is 10.5 Å². The summed E-state index contributed by atoms with van der Waals surface area (Å²) >= 11 is 1.70. The van der Waals surface area contributed by atoms with Gasteiger partial charge in [-0.1, -0.05) is 0 Å². The highest BCUT2D eigenvalue weighted by atomic mass is 32.1. The van der Waals surface area contributed by atoms with Crippen LogP contribution in [-0.4, -0.2) is 24.7 Å². The molecule has 2 rings (SSSR count). The Morgan fingerprint density at radius 1 is 1.59 bits per heavy atom. The molecule has 2 heterocycles. The molecule has 0 spiro atoms. The number of aryl methyl sites for hydroxylation is 1. The molecule has 0 radical (unpaired) electrons. The van der Waals surface area contributed by atoms with E-state index in [1.807, 2.05) is 6.07 Å². The van der Waals surface area contributed by atoms with Crippen LogP contribution in [-0.2, 0) is 16.1 Å². The molecular weight excluding hydrogens is 236 g/mol. The van der Waals surface area contributed by atoms with Crippen molar-refractivity contribution in [1.29, 1.82) is 0 Å². The quantitative estimate of drug-likeness (QED) is 0.848. The third-order valence-corrected chi connectivity index (χ3v) is 3.90. The van der Waals surface area contributed by atoms with Crippen LogP contribution < -0.4 is 11.1 Å². The van der Waals surface area contributed by atoms with Gasteiger partial charge in [-0.05, 0) is 31.9 Å². The number of carbonyl (C=O) groups excluding carboxylic acids is 1. The van der Waals surface area contributed by atoms with Crippen molar-refractivity contribution in [2.75, 3.05) is 6.54 Å². The van der Waals surface area contributed by atoms with E-state index in [9.17, 15) is 4.79 Å². The molecule has 4 nitrogen and oxygen atoms in total. The van der Waals surface area contributed by atoms with Gasteiger partial charge in [0.2, 0.25) is 5.91 Å². The number of hydrogen-bond donors (Lipinski definition) is 2. The maximum absolute atomic E-state index is 11.8. The third kappa shape index (κ3) is 3.28. The van der Waals surface area contributed by atoms with Crippen molar-refractivity contribution in [1.82, 2.24) is 5.32 Å². The molecule has 1 aliphatic rings. The van der Waals surface area contributed by atoms with E-state index < -0.39 is 0 Å². The molecule has 1 saturated heterocycles. The third-order valence-electron chi connectivity index (χ3n) is 2.90. The lowest BCUT2D eigenvalue weighted by Crippen LogP contribution is -2.34. The largest absolute Gasteiger partial charge is 0.364 e. The summed E-state index contributed by atoms with van der Waals surface area (Å²) < 4.78 is 5.53. The summed E-state index contributed by atoms with van der Waals surface area (Å²) in [5.74, 6) is -0.0213. The number of rotatable bonds is 4. The Kier molecular flexibility index (Phi) is 4.15. The second-order valence-corrected chi connectivity index (χ2v) is 5.66. The molecule has 0 aromatic carbocycles. The summed E-state index contributed by atoms with van der Waals surface area (Å²) in [6.45, 7) is 3.14. The second kappa shape index (κ2) is 5.62. The first-order valence-corrected chi connectivity index (χ1v) is 6.69. The van der Waals surface area contributed by atoms with Gasteiger partial charge in [0.05, 0.1) is 12.6 Å². The molecule has 5 heteroatoms. The van der Waals surface area contributed by atoms with Gasteiger partial charge >= 0.3 is 0 Å². The average Bonchev–Trinajstić information content (AvgIpc) is 2.94. The molecule has 0 bridgehead atoms. The van der Waals surface area contributed by atoms with Crippen LogP contribution in [0.2, 0.25) is 0 Å². The van der Waals surface area contributed by atoms with E-state index in [1.165, 1.54) is 9.75 Å². The predicted molar refractivity (Wildman–Crippen MR) is 67.9 cm³/mol. The Balaban J connectivity index is 1.78. The van der Waals surface area contributed by atoms with Crippen molar-refractivity contribution in [3.05, 3.63) is 21.9 Å². The van der Waals surface area contributed by atoms with E-state index in [1.54, 1.807) is 11.3 Å². The monoisotopic (exact) mass is 254 g/mol. The zero-order valence-electron chi connectivity index (χ0n) is 9.94. The van der Waals surface area contributed by atoms with E-state index in [0.29, 0.717) is 13.1 Å².